The van der Waals surface area contributed by atoms with Crippen molar-refractivity contribution in [3.8, 4) is 0 Å². The lowest BCUT2D eigenvalue weighted by atomic mass is 9.92. The van der Waals surface area contributed by atoms with E-state index in [9.17, 15) is 9.59 Å². The van der Waals surface area contributed by atoms with Gasteiger partial charge in [0.1, 0.15) is 0 Å². The summed E-state index contributed by atoms with van der Waals surface area (Å²) in [5, 5.41) is 8.60. The van der Waals surface area contributed by atoms with Crippen LogP contribution in [0.3, 0.4) is 0 Å². The van der Waals surface area contributed by atoms with E-state index < -0.39 is 5.97 Å². The number of methoxy groups -OCH3 is 1. The molecule has 1 fully saturated rings. The molecular weight excluding hydrogens is 222 g/mol. The van der Waals surface area contributed by atoms with Crippen LogP contribution in [0.5, 0.6) is 0 Å². The summed E-state index contributed by atoms with van der Waals surface area (Å²) >= 11 is 0. The van der Waals surface area contributed by atoms with Gasteiger partial charge in [-0.1, -0.05) is 0 Å². The third-order valence-corrected chi connectivity index (χ3v) is 3.25. The number of likely N-dealkylation sites (tertiary alicyclic amines) is 1. The maximum absolute atomic E-state index is 11.7. The first-order valence-electron chi connectivity index (χ1n) is 6.12. The van der Waals surface area contributed by atoms with Crippen LogP contribution in [0.15, 0.2) is 0 Å². The highest BCUT2D eigenvalue weighted by molar-refractivity contribution is 5.76. The van der Waals surface area contributed by atoms with Crippen LogP contribution in [0.4, 0.5) is 0 Å². The summed E-state index contributed by atoms with van der Waals surface area (Å²) in [5.41, 5.74) is 0. The molecule has 0 aromatic carbocycles. The Kier molecular flexibility index (Phi) is 5.97. The van der Waals surface area contributed by atoms with E-state index in [1.165, 1.54) is 0 Å². The molecular formula is C12H21NO4. The number of rotatable bonds is 6. The van der Waals surface area contributed by atoms with E-state index in [1.54, 1.807) is 7.11 Å². The smallest absolute Gasteiger partial charge is 0.303 e. The summed E-state index contributed by atoms with van der Waals surface area (Å²) in [6.45, 7) is 1.98. The van der Waals surface area contributed by atoms with Crippen LogP contribution < -0.4 is 0 Å². The Morgan fingerprint density at radius 1 is 1.29 bits per heavy atom. The zero-order chi connectivity index (χ0) is 12.7. The molecule has 98 valence electrons. The van der Waals surface area contributed by atoms with Crippen molar-refractivity contribution < 1.29 is 19.4 Å². The molecule has 0 aliphatic carbocycles. The van der Waals surface area contributed by atoms with Crippen LogP contribution in [0, 0.1) is 5.92 Å². The number of amides is 1. The second kappa shape index (κ2) is 7.27. The van der Waals surface area contributed by atoms with E-state index >= 15 is 0 Å². The minimum absolute atomic E-state index is 0.142. The van der Waals surface area contributed by atoms with E-state index in [0.717, 1.165) is 32.4 Å². The first-order chi connectivity index (χ1) is 8.13. The predicted molar refractivity (Wildman–Crippen MR) is 62.7 cm³/mol. The number of carbonyl (C=O) groups is 2. The molecule has 0 radical (unpaired) electrons. The quantitative estimate of drug-likeness (QED) is 0.759. The number of carboxylic acid groups (broad SMARTS) is 1. The molecule has 0 aromatic heterocycles. The van der Waals surface area contributed by atoms with Gasteiger partial charge in [0.15, 0.2) is 0 Å². The Morgan fingerprint density at radius 2 is 1.94 bits per heavy atom. The van der Waals surface area contributed by atoms with Gasteiger partial charge in [-0.25, -0.2) is 0 Å². The van der Waals surface area contributed by atoms with Crippen LogP contribution in [-0.2, 0) is 14.3 Å². The lowest BCUT2D eigenvalue weighted by molar-refractivity contribution is -0.138. The maximum Gasteiger partial charge on any atom is 0.303 e. The van der Waals surface area contributed by atoms with E-state index in [4.69, 9.17) is 9.84 Å². The molecule has 1 amide bonds. The number of nitrogens with zero attached hydrogens (tertiary/aromatic N) is 1. The number of hydrogen-bond acceptors (Lipinski definition) is 3. The monoisotopic (exact) mass is 243 g/mol. The molecule has 0 saturated carbocycles. The maximum atomic E-state index is 11.7. The van der Waals surface area contributed by atoms with Crippen LogP contribution in [0.25, 0.3) is 0 Å². The molecule has 0 aromatic rings. The Labute approximate surface area is 102 Å². The highest BCUT2D eigenvalue weighted by atomic mass is 16.5. The highest BCUT2D eigenvalue weighted by Gasteiger charge is 2.22. The van der Waals surface area contributed by atoms with E-state index in [-0.39, 0.29) is 12.3 Å². The number of aliphatic carboxylic acids is 1. The Bertz CT molecular complexity index is 259. The average molecular weight is 243 g/mol. The average Bonchev–Trinajstić information content (AvgIpc) is 2.34. The van der Waals surface area contributed by atoms with E-state index in [2.05, 4.69) is 0 Å². The number of ether oxygens (including phenoxy) is 1. The van der Waals surface area contributed by atoms with Gasteiger partial charge in [-0.15, -0.1) is 0 Å². The molecule has 0 spiro atoms. The first kappa shape index (κ1) is 14.0. The van der Waals surface area contributed by atoms with Crippen molar-refractivity contribution in [2.24, 2.45) is 5.92 Å². The number of carboxylic acids is 1. The third-order valence-electron chi connectivity index (χ3n) is 3.25. The van der Waals surface area contributed by atoms with Crippen LogP contribution >= 0.6 is 0 Å². The Balaban J connectivity index is 2.20. The molecule has 0 atom stereocenters. The molecule has 1 N–H and O–H groups in total. The topological polar surface area (TPSA) is 66.8 Å². The van der Waals surface area contributed by atoms with Gasteiger partial charge in [-0.2, -0.15) is 0 Å². The highest BCUT2D eigenvalue weighted by Crippen LogP contribution is 2.22. The van der Waals surface area contributed by atoms with Gasteiger partial charge in [-0.05, 0) is 25.2 Å². The molecule has 1 saturated heterocycles. The van der Waals surface area contributed by atoms with Crippen LogP contribution in [0.1, 0.15) is 32.1 Å². The minimum Gasteiger partial charge on any atom is -0.481 e. The van der Waals surface area contributed by atoms with Crippen molar-refractivity contribution in [1.29, 1.82) is 0 Å². The van der Waals surface area contributed by atoms with E-state index in [1.807, 2.05) is 4.90 Å². The van der Waals surface area contributed by atoms with Gasteiger partial charge in [0.05, 0.1) is 13.0 Å². The molecule has 5 heteroatoms. The molecule has 1 rings (SSSR count). The molecule has 1 aliphatic rings. The van der Waals surface area contributed by atoms with Crippen molar-refractivity contribution in [2.45, 2.75) is 32.1 Å². The molecule has 5 nitrogen and oxygen atoms in total. The summed E-state index contributed by atoms with van der Waals surface area (Å²) in [4.78, 5) is 24.0. The van der Waals surface area contributed by atoms with Gasteiger partial charge >= 0.3 is 5.97 Å². The fraction of sp³-hybridized carbons (Fsp3) is 0.833. The van der Waals surface area contributed by atoms with Gasteiger partial charge in [0.2, 0.25) is 5.91 Å². The summed E-state index contributed by atoms with van der Waals surface area (Å²) in [7, 11) is 1.59. The Hall–Kier alpha value is -1.10. The largest absolute Gasteiger partial charge is 0.481 e. The van der Waals surface area contributed by atoms with Crippen LogP contribution in [0.2, 0.25) is 0 Å². The minimum atomic E-state index is -0.733. The van der Waals surface area contributed by atoms with Crippen molar-refractivity contribution in [3.05, 3.63) is 0 Å². The summed E-state index contributed by atoms with van der Waals surface area (Å²) < 4.78 is 4.88. The second-order valence-electron chi connectivity index (χ2n) is 4.50. The second-order valence-corrected chi connectivity index (χ2v) is 4.50. The predicted octanol–water partition coefficient (Wildman–Crippen LogP) is 1.13. The van der Waals surface area contributed by atoms with Crippen molar-refractivity contribution >= 4 is 11.9 Å². The molecule has 1 aliphatic heterocycles. The SMILES string of the molecule is COCCC(=O)N1CCC(CCC(=O)O)CC1. The van der Waals surface area contributed by atoms with Gasteiger partial charge in [0, 0.05) is 26.6 Å². The summed E-state index contributed by atoms with van der Waals surface area (Å²) in [6, 6.07) is 0. The van der Waals surface area contributed by atoms with Gasteiger partial charge in [-0.3, -0.25) is 9.59 Å². The standard InChI is InChI=1S/C12H21NO4/c1-17-9-6-11(14)13-7-4-10(5-8-13)2-3-12(15)16/h10H,2-9H2,1H3,(H,15,16). The van der Waals surface area contributed by atoms with Crippen molar-refractivity contribution in [3.63, 3.8) is 0 Å². The normalized spacial score (nSPS) is 17.1. The zero-order valence-electron chi connectivity index (χ0n) is 10.4. The number of carbonyl (C=O) groups excluding carboxylic acids is 1. The fourth-order valence-corrected chi connectivity index (χ4v) is 2.15. The Morgan fingerprint density at radius 3 is 2.47 bits per heavy atom. The van der Waals surface area contributed by atoms with Crippen LogP contribution in [-0.4, -0.2) is 48.7 Å². The lowest BCUT2D eigenvalue weighted by Gasteiger charge is -2.31. The van der Waals surface area contributed by atoms with Crippen molar-refractivity contribution in [2.75, 3.05) is 26.8 Å². The molecule has 0 bridgehead atoms. The lowest BCUT2D eigenvalue weighted by Crippen LogP contribution is -2.38. The van der Waals surface area contributed by atoms with Gasteiger partial charge < -0.3 is 14.7 Å². The number of piperidine rings is 1. The molecule has 17 heavy (non-hydrogen) atoms. The first-order valence-corrected chi connectivity index (χ1v) is 6.12. The fourth-order valence-electron chi connectivity index (χ4n) is 2.15. The zero-order valence-corrected chi connectivity index (χ0v) is 10.4. The molecule has 1 heterocycles. The third kappa shape index (κ3) is 5.17. The summed E-state index contributed by atoms with van der Waals surface area (Å²) in [5.74, 6) is -0.135. The molecule has 0 unspecified atom stereocenters. The summed E-state index contributed by atoms with van der Waals surface area (Å²) in [6.07, 6.45) is 3.26. The number of hydrogen-bond donors (Lipinski definition) is 1. The van der Waals surface area contributed by atoms with Gasteiger partial charge in [0.25, 0.3) is 0 Å². The van der Waals surface area contributed by atoms with Crippen molar-refractivity contribution in [1.82, 2.24) is 4.90 Å². The van der Waals surface area contributed by atoms with E-state index in [0.29, 0.717) is 18.9 Å².